The Hall–Kier alpha value is -1.90. The van der Waals surface area contributed by atoms with Crippen molar-refractivity contribution >= 4 is 27.7 Å². The number of sulfonamides is 1. The van der Waals surface area contributed by atoms with E-state index in [0.29, 0.717) is 31.8 Å². The van der Waals surface area contributed by atoms with Crippen molar-refractivity contribution < 1.29 is 17.6 Å². The summed E-state index contributed by atoms with van der Waals surface area (Å²) in [7, 11) is -3.47. The van der Waals surface area contributed by atoms with Crippen molar-refractivity contribution in [2.75, 3.05) is 18.8 Å². The average molecular weight is 425 g/mol. The molecule has 0 aliphatic heterocycles. The molecular weight excluding hydrogens is 399 g/mol. The molecule has 0 aliphatic rings. The normalized spacial score (nSPS) is 11.6. The predicted molar refractivity (Wildman–Crippen MR) is 110 cm³/mol. The topological polar surface area (TPSA) is 66.5 Å². The van der Waals surface area contributed by atoms with Gasteiger partial charge in [-0.25, -0.2) is 12.8 Å². The maximum Gasteiger partial charge on any atom is 0.243 e. The van der Waals surface area contributed by atoms with Crippen molar-refractivity contribution in [3.8, 4) is 0 Å². The molecule has 28 heavy (non-hydrogen) atoms. The number of nitrogens with one attached hydrogen (secondary N) is 1. The second-order valence-corrected chi connectivity index (χ2v) is 9.17. The quantitative estimate of drug-likeness (QED) is 0.591. The van der Waals surface area contributed by atoms with E-state index in [9.17, 15) is 17.6 Å². The summed E-state index contributed by atoms with van der Waals surface area (Å²) in [6.07, 6.45) is 0.344. The lowest BCUT2D eigenvalue weighted by atomic mass is 10.2. The van der Waals surface area contributed by atoms with E-state index in [1.54, 1.807) is 50.2 Å². The number of thioether (sulfide) groups is 1. The molecule has 8 heteroatoms. The van der Waals surface area contributed by atoms with Crippen molar-refractivity contribution in [1.29, 1.82) is 0 Å². The Morgan fingerprint density at radius 1 is 1.04 bits per heavy atom. The SMILES string of the molecule is CCN(CC)S(=O)(=O)c1ccc(CNC(=O)CCSc2ccc(F)cc2)cc1. The summed E-state index contributed by atoms with van der Waals surface area (Å²) in [5.41, 5.74) is 0.832. The Bertz CT molecular complexity index is 865. The highest BCUT2D eigenvalue weighted by molar-refractivity contribution is 7.99. The van der Waals surface area contributed by atoms with Gasteiger partial charge in [-0.2, -0.15) is 4.31 Å². The van der Waals surface area contributed by atoms with E-state index in [0.717, 1.165) is 10.5 Å². The second-order valence-electron chi connectivity index (χ2n) is 6.06. The number of halogens is 1. The van der Waals surface area contributed by atoms with Gasteiger partial charge in [0.2, 0.25) is 15.9 Å². The zero-order valence-electron chi connectivity index (χ0n) is 16.0. The van der Waals surface area contributed by atoms with Crippen LogP contribution in [-0.4, -0.2) is 37.5 Å². The molecule has 0 radical (unpaired) electrons. The molecule has 0 saturated carbocycles. The van der Waals surface area contributed by atoms with Crippen LogP contribution in [0.2, 0.25) is 0 Å². The number of amides is 1. The van der Waals surface area contributed by atoms with Crippen molar-refractivity contribution in [2.24, 2.45) is 0 Å². The first-order chi connectivity index (χ1) is 13.4. The van der Waals surface area contributed by atoms with Gasteiger partial charge in [-0.05, 0) is 42.0 Å². The first-order valence-electron chi connectivity index (χ1n) is 9.11. The molecule has 0 atom stereocenters. The minimum atomic E-state index is -3.47. The summed E-state index contributed by atoms with van der Waals surface area (Å²) in [6.45, 7) is 4.80. The molecule has 0 heterocycles. The lowest BCUT2D eigenvalue weighted by molar-refractivity contribution is -0.120. The van der Waals surface area contributed by atoms with E-state index in [2.05, 4.69) is 5.32 Å². The number of hydrogen-bond acceptors (Lipinski definition) is 4. The maximum atomic E-state index is 12.9. The number of carbonyl (C=O) groups is 1. The Balaban J connectivity index is 1.80. The summed E-state index contributed by atoms with van der Waals surface area (Å²) in [6, 6.07) is 12.7. The average Bonchev–Trinajstić information content (AvgIpc) is 2.69. The van der Waals surface area contributed by atoms with Crippen molar-refractivity contribution in [1.82, 2.24) is 9.62 Å². The zero-order chi connectivity index (χ0) is 20.6. The van der Waals surface area contributed by atoms with Crippen molar-refractivity contribution in [3.63, 3.8) is 0 Å². The van der Waals surface area contributed by atoms with Gasteiger partial charge in [-0.3, -0.25) is 4.79 Å². The van der Waals surface area contributed by atoms with Crippen LogP contribution in [0.25, 0.3) is 0 Å². The summed E-state index contributed by atoms with van der Waals surface area (Å²) >= 11 is 1.49. The third-order valence-electron chi connectivity index (χ3n) is 4.17. The molecule has 0 aliphatic carbocycles. The van der Waals surface area contributed by atoms with Gasteiger partial charge < -0.3 is 5.32 Å². The molecule has 1 amide bonds. The first kappa shape index (κ1) is 22.4. The Labute approximate surface area is 170 Å². The molecule has 152 valence electrons. The summed E-state index contributed by atoms with van der Waals surface area (Å²) < 4.78 is 39.2. The van der Waals surface area contributed by atoms with Crippen molar-refractivity contribution in [3.05, 3.63) is 59.9 Å². The van der Waals surface area contributed by atoms with Gasteiger partial charge in [-0.1, -0.05) is 26.0 Å². The molecule has 2 aromatic rings. The third kappa shape index (κ3) is 6.32. The molecule has 0 unspecified atom stereocenters. The predicted octanol–water partition coefficient (Wildman–Crippen LogP) is 3.65. The van der Waals surface area contributed by atoms with Gasteiger partial charge >= 0.3 is 0 Å². The molecular formula is C20H25FN2O3S2. The Kier molecular flexibility index (Phi) is 8.47. The van der Waals surface area contributed by atoms with Crippen molar-refractivity contribution in [2.45, 2.75) is 36.6 Å². The van der Waals surface area contributed by atoms with E-state index < -0.39 is 10.0 Å². The molecule has 0 aromatic heterocycles. The number of rotatable bonds is 10. The van der Waals surface area contributed by atoms with E-state index in [1.165, 1.54) is 28.2 Å². The largest absolute Gasteiger partial charge is 0.352 e. The molecule has 0 bridgehead atoms. The monoisotopic (exact) mass is 424 g/mol. The fraction of sp³-hybridized carbons (Fsp3) is 0.350. The van der Waals surface area contributed by atoms with Crippen LogP contribution >= 0.6 is 11.8 Å². The molecule has 1 N–H and O–H groups in total. The molecule has 5 nitrogen and oxygen atoms in total. The molecule has 0 saturated heterocycles. The van der Waals surface area contributed by atoms with E-state index in [-0.39, 0.29) is 16.6 Å². The van der Waals surface area contributed by atoms with Crippen LogP contribution in [0.3, 0.4) is 0 Å². The minimum Gasteiger partial charge on any atom is -0.352 e. The van der Waals surface area contributed by atoms with Gasteiger partial charge in [0.1, 0.15) is 5.82 Å². The van der Waals surface area contributed by atoms with Gasteiger partial charge in [-0.15, -0.1) is 11.8 Å². The highest BCUT2D eigenvalue weighted by Crippen LogP contribution is 2.19. The summed E-state index contributed by atoms with van der Waals surface area (Å²) in [4.78, 5) is 13.1. The second kappa shape index (κ2) is 10.6. The zero-order valence-corrected chi connectivity index (χ0v) is 17.7. The first-order valence-corrected chi connectivity index (χ1v) is 11.5. The highest BCUT2D eigenvalue weighted by Gasteiger charge is 2.21. The Morgan fingerprint density at radius 3 is 2.21 bits per heavy atom. The van der Waals surface area contributed by atoms with Crippen LogP contribution in [0, 0.1) is 5.82 Å². The minimum absolute atomic E-state index is 0.0885. The van der Waals surface area contributed by atoms with E-state index >= 15 is 0 Å². The van der Waals surface area contributed by atoms with Gasteiger partial charge in [0.05, 0.1) is 4.90 Å². The lowest BCUT2D eigenvalue weighted by Gasteiger charge is -2.18. The molecule has 2 aromatic carbocycles. The van der Waals surface area contributed by atoms with Gasteiger partial charge in [0.25, 0.3) is 0 Å². The van der Waals surface area contributed by atoms with Gasteiger partial charge in [0.15, 0.2) is 0 Å². The molecule has 0 fully saturated rings. The van der Waals surface area contributed by atoms with E-state index in [1.807, 2.05) is 0 Å². The van der Waals surface area contributed by atoms with E-state index in [4.69, 9.17) is 0 Å². The number of hydrogen-bond donors (Lipinski definition) is 1. The third-order valence-corrected chi connectivity index (χ3v) is 7.25. The van der Waals surface area contributed by atoms with Crippen LogP contribution in [0.4, 0.5) is 4.39 Å². The molecule has 2 rings (SSSR count). The highest BCUT2D eigenvalue weighted by atomic mass is 32.2. The van der Waals surface area contributed by atoms with Crippen LogP contribution in [-0.2, 0) is 21.4 Å². The van der Waals surface area contributed by atoms with Crippen LogP contribution in [0.15, 0.2) is 58.3 Å². The standard InChI is InChI=1S/C20H25FN2O3S2/c1-3-23(4-2)28(25,26)19-11-5-16(6-12-19)15-22-20(24)13-14-27-18-9-7-17(21)8-10-18/h5-12H,3-4,13-15H2,1-2H3,(H,22,24). The summed E-state index contributed by atoms with van der Waals surface area (Å²) in [5.74, 6) is 0.228. The Morgan fingerprint density at radius 2 is 1.64 bits per heavy atom. The van der Waals surface area contributed by atoms with Gasteiger partial charge in [0, 0.05) is 36.7 Å². The van der Waals surface area contributed by atoms with Crippen LogP contribution in [0.1, 0.15) is 25.8 Å². The van der Waals surface area contributed by atoms with Crippen LogP contribution < -0.4 is 5.32 Å². The number of nitrogens with zero attached hydrogens (tertiary/aromatic N) is 1. The van der Waals surface area contributed by atoms with Crippen LogP contribution in [0.5, 0.6) is 0 Å². The maximum absolute atomic E-state index is 12.9. The number of benzene rings is 2. The fourth-order valence-electron chi connectivity index (χ4n) is 2.57. The lowest BCUT2D eigenvalue weighted by Crippen LogP contribution is -2.30. The molecule has 0 spiro atoms. The fourth-order valence-corrected chi connectivity index (χ4v) is 4.88. The number of carbonyl (C=O) groups excluding carboxylic acids is 1. The summed E-state index contributed by atoms with van der Waals surface area (Å²) in [5, 5.41) is 2.83. The smallest absolute Gasteiger partial charge is 0.243 e.